The average molecular weight is 241 g/mol. The molecule has 1 aromatic carbocycles. The minimum Gasteiger partial charge on any atom is -0.419 e. The Hall–Kier alpha value is -1.23. The molecule has 0 aliphatic heterocycles. The van der Waals surface area contributed by atoms with Gasteiger partial charge in [0.05, 0.1) is 17.0 Å². The van der Waals surface area contributed by atoms with Gasteiger partial charge in [-0.25, -0.2) is 0 Å². The third kappa shape index (κ3) is 3.13. The molecule has 4 nitrogen and oxygen atoms in total. The van der Waals surface area contributed by atoms with Gasteiger partial charge in [-0.3, -0.25) is 10.1 Å². The summed E-state index contributed by atoms with van der Waals surface area (Å²) in [5.74, 6) is 0.397. The SMILES string of the molecule is CCCCc1cccc([N+](=O)[O-])c1OSC. The van der Waals surface area contributed by atoms with Gasteiger partial charge in [0.25, 0.3) is 0 Å². The van der Waals surface area contributed by atoms with E-state index in [1.165, 1.54) is 6.07 Å². The first-order valence-corrected chi connectivity index (χ1v) is 6.32. The highest BCUT2D eigenvalue weighted by Gasteiger charge is 2.18. The molecule has 0 saturated carbocycles. The molecule has 0 amide bonds. The Kier molecular flexibility index (Phi) is 5.11. The van der Waals surface area contributed by atoms with Crippen LogP contribution >= 0.6 is 12.0 Å². The van der Waals surface area contributed by atoms with Crippen molar-refractivity contribution in [2.45, 2.75) is 26.2 Å². The first-order valence-electron chi connectivity index (χ1n) is 5.17. The summed E-state index contributed by atoms with van der Waals surface area (Å²) in [6.45, 7) is 2.09. The maximum atomic E-state index is 10.8. The van der Waals surface area contributed by atoms with Crippen LogP contribution in [0.15, 0.2) is 18.2 Å². The maximum absolute atomic E-state index is 10.8. The summed E-state index contributed by atoms with van der Waals surface area (Å²) in [6, 6.07) is 5.06. The van der Waals surface area contributed by atoms with Crippen molar-refractivity contribution in [3.8, 4) is 5.75 Å². The van der Waals surface area contributed by atoms with E-state index >= 15 is 0 Å². The van der Waals surface area contributed by atoms with Crippen molar-refractivity contribution in [2.75, 3.05) is 6.26 Å². The maximum Gasteiger partial charge on any atom is 0.312 e. The fraction of sp³-hybridized carbons (Fsp3) is 0.455. The van der Waals surface area contributed by atoms with E-state index < -0.39 is 4.92 Å². The van der Waals surface area contributed by atoms with Crippen molar-refractivity contribution in [3.63, 3.8) is 0 Å². The lowest BCUT2D eigenvalue weighted by molar-refractivity contribution is -0.385. The number of hydrogen-bond acceptors (Lipinski definition) is 4. The summed E-state index contributed by atoms with van der Waals surface area (Å²) in [5, 5.41) is 10.8. The third-order valence-corrected chi connectivity index (χ3v) is 2.57. The molecule has 0 spiro atoms. The van der Waals surface area contributed by atoms with Crippen LogP contribution in [-0.2, 0) is 6.42 Å². The second kappa shape index (κ2) is 6.37. The Balaban J connectivity index is 3.05. The summed E-state index contributed by atoms with van der Waals surface area (Å²) in [7, 11) is 0. The quantitative estimate of drug-likeness (QED) is 0.434. The molecule has 1 rings (SSSR count). The Morgan fingerprint density at radius 3 is 2.81 bits per heavy atom. The van der Waals surface area contributed by atoms with Crippen molar-refractivity contribution in [3.05, 3.63) is 33.9 Å². The lowest BCUT2D eigenvalue weighted by atomic mass is 10.1. The van der Waals surface area contributed by atoms with Crippen molar-refractivity contribution in [1.82, 2.24) is 0 Å². The van der Waals surface area contributed by atoms with Crippen LogP contribution in [0.2, 0.25) is 0 Å². The van der Waals surface area contributed by atoms with Gasteiger partial charge in [0.1, 0.15) is 0 Å². The van der Waals surface area contributed by atoms with Gasteiger partial charge >= 0.3 is 5.69 Å². The Bertz CT molecular complexity index is 368. The first kappa shape index (κ1) is 12.8. The van der Waals surface area contributed by atoms with E-state index in [0.717, 1.165) is 36.9 Å². The smallest absolute Gasteiger partial charge is 0.312 e. The second-order valence-electron chi connectivity index (χ2n) is 3.38. The molecule has 0 atom stereocenters. The molecule has 0 bridgehead atoms. The predicted octanol–water partition coefficient (Wildman–Crippen LogP) is 3.59. The molecule has 16 heavy (non-hydrogen) atoms. The molecule has 0 N–H and O–H groups in total. The highest BCUT2D eigenvalue weighted by molar-refractivity contribution is 7.94. The molecular weight excluding hydrogens is 226 g/mol. The zero-order valence-corrected chi connectivity index (χ0v) is 10.3. The Labute approximate surface area is 99.4 Å². The van der Waals surface area contributed by atoms with E-state index in [4.69, 9.17) is 4.18 Å². The highest BCUT2D eigenvalue weighted by Crippen LogP contribution is 2.33. The number of benzene rings is 1. The van der Waals surface area contributed by atoms with Crippen LogP contribution in [0.4, 0.5) is 5.69 Å². The van der Waals surface area contributed by atoms with Gasteiger partial charge in [-0.2, -0.15) is 0 Å². The van der Waals surface area contributed by atoms with E-state index in [0.29, 0.717) is 5.75 Å². The lowest BCUT2D eigenvalue weighted by Crippen LogP contribution is -1.97. The molecule has 0 fully saturated rings. The summed E-state index contributed by atoms with van der Waals surface area (Å²) >= 11 is 1.13. The zero-order chi connectivity index (χ0) is 12.0. The molecule has 0 unspecified atom stereocenters. The second-order valence-corrected chi connectivity index (χ2v) is 3.88. The Morgan fingerprint density at radius 2 is 2.25 bits per heavy atom. The fourth-order valence-corrected chi connectivity index (χ4v) is 1.82. The van der Waals surface area contributed by atoms with E-state index in [1.807, 2.05) is 6.07 Å². The average Bonchev–Trinajstić information content (AvgIpc) is 2.27. The molecule has 0 aliphatic carbocycles. The number of aryl methyl sites for hydroxylation is 1. The van der Waals surface area contributed by atoms with Crippen LogP contribution in [0, 0.1) is 10.1 Å². The van der Waals surface area contributed by atoms with E-state index in [1.54, 1.807) is 12.3 Å². The topological polar surface area (TPSA) is 52.4 Å². The van der Waals surface area contributed by atoms with E-state index in [2.05, 4.69) is 6.92 Å². The number of nitro groups is 1. The van der Waals surface area contributed by atoms with Gasteiger partial charge < -0.3 is 4.18 Å². The molecular formula is C11H15NO3S. The molecule has 88 valence electrons. The summed E-state index contributed by atoms with van der Waals surface area (Å²) in [5.41, 5.74) is 0.952. The van der Waals surface area contributed by atoms with E-state index in [9.17, 15) is 10.1 Å². The Morgan fingerprint density at radius 1 is 1.50 bits per heavy atom. The molecule has 0 aromatic heterocycles. The molecule has 1 aromatic rings. The highest BCUT2D eigenvalue weighted by atomic mass is 32.2. The molecule has 0 heterocycles. The molecule has 0 saturated heterocycles. The van der Waals surface area contributed by atoms with Gasteiger partial charge in [-0.1, -0.05) is 25.5 Å². The van der Waals surface area contributed by atoms with Crippen LogP contribution in [0.3, 0.4) is 0 Å². The van der Waals surface area contributed by atoms with Crippen LogP contribution in [0.25, 0.3) is 0 Å². The van der Waals surface area contributed by atoms with Gasteiger partial charge in [0.2, 0.25) is 5.75 Å². The van der Waals surface area contributed by atoms with Crippen molar-refractivity contribution < 1.29 is 9.11 Å². The number of nitrogens with zero attached hydrogens (tertiary/aromatic N) is 1. The van der Waals surface area contributed by atoms with Crippen molar-refractivity contribution in [2.24, 2.45) is 0 Å². The number of para-hydroxylation sites is 1. The molecule has 0 radical (unpaired) electrons. The lowest BCUT2D eigenvalue weighted by Gasteiger charge is -2.08. The standard InChI is InChI=1S/C11H15NO3S/c1-3-4-6-9-7-5-8-10(12(13)14)11(9)15-16-2/h5,7-8H,3-4,6H2,1-2H3. The molecule has 5 heteroatoms. The van der Waals surface area contributed by atoms with Crippen molar-refractivity contribution >= 4 is 17.7 Å². The predicted molar refractivity (Wildman–Crippen MR) is 65.9 cm³/mol. The fourth-order valence-electron chi connectivity index (χ4n) is 1.46. The third-order valence-electron chi connectivity index (χ3n) is 2.24. The summed E-state index contributed by atoms with van der Waals surface area (Å²) in [4.78, 5) is 10.4. The number of nitro benzene ring substituents is 1. The number of rotatable bonds is 6. The zero-order valence-electron chi connectivity index (χ0n) is 9.43. The summed E-state index contributed by atoms with van der Waals surface area (Å²) in [6.07, 6.45) is 4.63. The normalized spacial score (nSPS) is 10.1. The van der Waals surface area contributed by atoms with Crippen LogP contribution in [-0.4, -0.2) is 11.2 Å². The van der Waals surface area contributed by atoms with Crippen LogP contribution in [0.5, 0.6) is 5.75 Å². The number of hydrogen-bond donors (Lipinski definition) is 0. The largest absolute Gasteiger partial charge is 0.419 e. The number of unbranched alkanes of at least 4 members (excludes halogenated alkanes) is 1. The minimum absolute atomic E-state index is 0.0444. The molecule has 0 aliphatic rings. The summed E-state index contributed by atoms with van der Waals surface area (Å²) < 4.78 is 5.30. The van der Waals surface area contributed by atoms with Gasteiger partial charge in [-0.15, -0.1) is 0 Å². The van der Waals surface area contributed by atoms with Crippen LogP contribution in [0.1, 0.15) is 25.3 Å². The van der Waals surface area contributed by atoms with Gasteiger partial charge in [0.15, 0.2) is 0 Å². The first-order chi connectivity index (χ1) is 7.70. The van der Waals surface area contributed by atoms with Crippen molar-refractivity contribution in [1.29, 1.82) is 0 Å². The monoisotopic (exact) mass is 241 g/mol. The van der Waals surface area contributed by atoms with Crippen LogP contribution < -0.4 is 4.18 Å². The van der Waals surface area contributed by atoms with Gasteiger partial charge in [0, 0.05) is 17.9 Å². The van der Waals surface area contributed by atoms with E-state index in [-0.39, 0.29) is 5.69 Å². The van der Waals surface area contributed by atoms with Gasteiger partial charge in [-0.05, 0) is 12.8 Å². The minimum atomic E-state index is -0.402.